The van der Waals surface area contributed by atoms with Crippen molar-refractivity contribution in [1.82, 2.24) is 10.3 Å². The first-order valence-electron chi connectivity index (χ1n) is 8.21. The van der Waals surface area contributed by atoms with Crippen molar-refractivity contribution >= 4 is 17.5 Å². The van der Waals surface area contributed by atoms with E-state index < -0.39 is 0 Å². The van der Waals surface area contributed by atoms with Crippen LogP contribution >= 0.6 is 0 Å². The molecule has 0 saturated heterocycles. The fraction of sp³-hybridized carbons (Fsp3) is 0.316. The van der Waals surface area contributed by atoms with Crippen molar-refractivity contribution in [2.45, 2.75) is 13.8 Å². The molecule has 2 aromatic rings. The minimum absolute atomic E-state index is 0.257. The molecule has 0 spiro atoms. The average molecular weight is 357 g/mol. The van der Waals surface area contributed by atoms with Crippen LogP contribution < -0.4 is 20.1 Å². The Balaban J connectivity index is 2.12. The fourth-order valence-electron chi connectivity index (χ4n) is 2.20. The Morgan fingerprint density at radius 2 is 1.65 bits per heavy atom. The summed E-state index contributed by atoms with van der Waals surface area (Å²) < 4.78 is 10.4. The largest absolute Gasteiger partial charge is 0.493 e. The summed E-state index contributed by atoms with van der Waals surface area (Å²) in [5, 5.41) is 5.56. The van der Waals surface area contributed by atoms with E-state index in [1.54, 1.807) is 18.2 Å². The third-order valence-corrected chi connectivity index (χ3v) is 3.57. The maximum atomic E-state index is 12.5. The zero-order valence-electron chi connectivity index (χ0n) is 15.3. The standard InChI is InChI=1S/C19H23N3O4/c1-12(2)9-21-18(23)13-7-14(11-20-10-13)19(24)22-15-5-6-16(25-3)17(8-15)26-4/h5-8,10-12H,9H2,1-4H3,(H,21,23)(H,22,24). The van der Waals surface area contributed by atoms with E-state index in [1.807, 2.05) is 13.8 Å². The van der Waals surface area contributed by atoms with E-state index in [1.165, 1.54) is 32.7 Å². The Morgan fingerprint density at radius 3 is 2.27 bits per heavy atom. The molecule has 7 heteroatoms. The third-order valence-electron chi connectivity index (χ3n) is 3.57. The minimum atomic E-state index is -0.372. The predicted molar refractivity (Wildman–Crippen MR) is 98.9 cm³/mol. The number of nitrogens with zero attached hydrogens (tertiary/aromatic N) is 1. The fourth-order valence-corrected chi connectivity index (χ4v) is 2.20. The second kappa shape index (κ2) is 8.84. The van der Waals surface area contributed by atoms with E-state index in [9.17, 15) is 9.59 Å². The molecule has 0 saturated carbocycles. The van der Waals surface area contributed by atoms with Gasteiger partial charge in [-0.2, -0.15) is 0 Å². The van der Waals surface area contributed by atoms with E-state index in [-0.39, 0.29) is 17.4 Å². The van der Waals surface area contributed by atoms with Gasteiger partial charge < -0.3 is 20.1 Å². The van der Waals surface area contributed by atoms with Crippen LogP contribution in [0.2, 0.25) is 0 Å². The smallest absolute Gasteiger partial charge is 0.257 e. The maximum Gasteiger partial charge on any atom is 0.257 e. The van der Waals surface area contributed by atoms with E-state index in [4.69, 9.17) is 9.47 Å². The van der Waals surface area contributed by atoms with Gasteiger partial charge in [-0.1, -0.05) is 13.8 Å². The van der Waals surface area contributed by atoms with Gasteiger partial charge in [0.2, 0.25) is 0 Å². The molecule has 0 unspecified atom stereocenters. The molecule has 1 heterocycles. The van der Waals surface area contributed by atoms with Gasteiger partial charge in [0.15, 0.2) is 11.5 Å². The number of methoxy groups -OCH3 is 2. The number of rotatable bonds is 7. The number of aromatic nitrogens is 1. The molecule has 0 bridgehead atoms. The van der Waals surface area contributed by atoms with Crippen molar-refractivity contribution in [3.63, 3.8) is 0 Å². The molecule has 0 fully saturated rings. The normalized spacial score (nSPS) is 10.3. The topological polar surface area (TPSA) is 89.5 Å². The number of carbonyl (C=O) groups is 2. The quantitative estimate of drug-likeness (QED) is 0.795. The van der Waals surface area contributed by atoms with Crippen molar-refractivity contribution in [3.05, 3.63) is 47.8 Å². The lowest BCUT2D eigenvalue weighted by Crippen LogP contribution is -2.27. The molecule has 0 atom stereocenters. The molecule has 2 rings (SSSR count). The molecule has 1 aromatic carbocycles. The van der Waals surface area contributed by atoms with E-state index in [0.29, 0.717) is 35.2 Å². The number of hydrogen-bond acceptors (Lipinski definition) is 5. The molecule has 1 aromatic heterocycles. The van der Waals surface area contributed by atoms with Gasteiger partial charge in [-0.25, -0.2) is 0 Å². The van der Waals surface area contributed by atoms with Gasteiger partial charge in [-0.15, -0.1) is 0 Å². The molecule has 2 N–H and O–H groups in total. The zero-order valence-corrected chi connectivity index (χ0v) is 15.3. The highest BCUT2D eigenvalue weighted by molar-refractivity contribution is 6.06. The maximum absolute atomic E-state index is 12.5. The summed E-state index contributed by atoms with van der Waals surface area (Å²) in [6.07, 6.45) is 2.85. The lowest BCUT2D eigenvalue weighted by molar-refractivity contribution is 0.0948. The molecule has 2 amide bonds. The summed E-state index contributed by atoms with van der Waals surface area (Å²) in [4.78, 5) is 28.6. The Labute approximate surface area is 152 Å². The molecule has 0 aliphatic carbocycles. The number of ether oxygens (including phenoxy) is 2. The van der Waals surface area contributed by atoms with E-state index in [0.717, 1.165) is 0 Å². The molecule has 7 nitrogen and oxygen atoms in total. The summed E-state index contributed by atoms with van der Waals surface area (Å²) in [5.41, 5.74) is 1.17. The third kappa shape index (κ3) is 4.95. The van der Waals surface area contributed by atoms with Gasteiger partial charge in [-0.3, -0.25) is 14.6 Å². The predicted octanol–water partition coefficient (Wildman–Crippen LogP) is 2.74. The van der Waals surface area contributed by atoms with Crippen LogP contribution in [0.5, 0.6) is 11.5 Å². The summed E-state index contributed by atoms with van der Waals surface area (Å²) in [7, 11) is 3.06. The molecular formula is C19H23N3O4. The molecule has 0 aliphatic heterocycles. The Hall–Kier alpha value is -3.09. The highest BCUT2D eigenvalue weighted by Crippen LogP contribution is 2.29. The Kier molecular flexibility index (Phi) is 6.54. The first kappa shape index (κ1) is 19.2. The van der Waals surface area contributed by atoms with Gasteiger partial charge in [0, 0.05) is 30.7 Å². The SMILES string of the molecule is COc1ccc(NC(=O)c2cncc(C(=O)NCC(C)C)c2)cc1OC. The van der Waals surface area contributed by atoms with Gasteiger partial charge in [0.05, 0.1) is 25.3 Å². The van der Waals surface area contributed by atoms with Gasteiger partial charge in [0.1, 0.15) is 0 Å². The molecule has 0 radical (unpaired) electrons. The molecular weight excluding hydrogens is 334 g/mol. The summed E-state index contributed by atoms with van der Waals surface area (Å²) >= 11 is 0. The number of amides is 2. The van der Waals surface area contributed by atoms with Crippen LogP contribution in [-0.4, -0.2) is 37.6 Å². The summed E-state index contributed by atoms with van der Waals surface area (Å²) in [5.74, 6) is 0.778. The highest BCUT2D eigenvalue weighted by Gasteiger charge is 2.13. The second-order valence-corrected chi connectivity index (χ2v) is 6.09. The molecule has 0 aliphatic rings. The van der Waals surface area contributed by atoms with Crippen molar-refractivity contribution in [2.75, 3.05) is 26.1 Å². The number of anilines is 1. The lowest BCUT2D eigenvalue weighted by Gasteiger charge is -2.11. The number of hydrogen-bond donors (Lipinski definition) is 2. The van der Waals surface area contributed by atoms with Crippen molar-refractivity contribution < 1.29 is 19.1 Å². The highest BCUT2D eigenvalue weighted by atomic mass is 16.5. The lowest BCUT2D eigenvalue weighted by atomic mass is 10.1. The average Bonchev–Trinajstić information content (AvgIpc) is 2.65. The number of pyridine rings is 1. The van der Waals surface area contributed by atoms with Crippen molar-refractivity contribution in [3.8, 4) is 11.5 Å². The van der Waals surface area contributed by atoms with E-state index in [2.05, 4.69) is 15.6 Å². The van der Waals surface area contributed by atoms with Crippen LogP contribution in [0.1, 0.15) is 34.6 Å². The van der Waals surface area contributed by atoms with Gasteiger partial charge in [0.25, 0.3) is 11.8 Å². The van der Waals surface area contributed by atoms with Crippen LogP contribution in [0.15, 0.2) is 36.7 Å². The van der Waals surface area contributed by atoms with Crippen LogP contribution in [-0.2, 0) is 0 Å². The number of benzene rings is 1. The van der Waals surface area contributed by atoms with Crippen LogP contribution in [0, 0.1) is 5.92 Å². The zero-order chi connectivity index (χ0) is 19.1. The first-order chi connectivity index (χ1) is 12.4. The molecule has 26 heavy (non-hydrogen) atoms. The van der Waals surface area contributed by atoms with Crippen LogP contribution in [0.25, 0.3) is 0 Å². The molecule has 138 valence electrons. The monoisotopic (exact) mass is 357 g/mol. The van der Waals surface area contributed by atoms with Crippen LogP contribution in [0.4, 0.5) is 5.69 Å². The Morgan fingerprint density at radius 1 is 1.00 bits per heavy atom. The van der Waals surface area contributed by atoms with Gasteiger partial charge in [-0.05, 0) is 24.1 Å². The summed E-state index contributed by atoms with van der Waals surface area (Å²) in [6, 6.07) is 6.57. The van der Waals surface area contributed by atoms with Gasteiger partial charge >= 0.3 is 0 Å². The summed E-state index contributed by atoms with van der Waals surface area (Å²) in [6.45, 7) is 4.57. The van der Waals surface area contributed by atoms with Crippen molar-refractivity contribution in [1.29, 1.82) is 0 Å². The van der Waals surface area contributed by atoms with Crippen LogP contribution in [0.3, 0.4) is 0 Å². The number of nitrogens with one attached hydrogen (secondary N) is 2. The first-order valence-corrected chi connectivity index (χ1v) is 8.21. The van der Waals surface area contributed by atoms with E-state index >= 15 is 0 Å². The number of carbonyl (C=O) groups excluding carboxylic acids is 2. The van der Waals surface area contributed by atoms with Crippen molar-refractivity contribution in [2.24, 2.45) is 5.92 Å². The minimum Gasteiger partial charge on any atom is -0.493 e. The second-order valence-electron chi connectivity index (χ2n) is 6.09. The Bertz CT molecular complexity index is 790.